The first kappa shape index (κ1) is 25.0. The second kappa shape index (κ2) is 9.88. The molecule has 1 saturated heterocycles. The zero-order valence-corrected chi connectivity index (χ0v) is 19.7. The first-order valence-electron chi connectivity index (χ1n) is 10.9. The second-order valence-electron chi connectivity index (χ2n) is 8.43. The molecule has 2 aromatic heterocycles. The van der Waals surface area contributed by atoms with Crippen molar-refractivity contribution in [1.82, 2.24) is 19.9 Å². The maximum absolute atomic E-state index is 13.0. The molecule has 3 heterocycles. The van der Waals surface area contributed by atoms with E-state index in [0.717, 1.165) is 28.3 Å². The molecule has 1 atom stereocenters. The standard InChI is InChI=1S/C23H24F3N5O3S/c1-14-9-15(11-16(10-14)29-21-27-6-3-18(30-21)23(24,25)26)17-12-28-20(35-17)22(34)4-2-7-31(8-5-22)19(33)13-32/h3,6,9-12,32,34H,2,4-5,7-8,13H2,1H3,(H,27,29,30). The molecule has 1 amide bonds. The Hall–Kier alpha value is -3.09. The van der Waals surface area contributed by atoms with Gasteiger partial charge in [0.25, 0.3) is 0 Å². The molecule has 1 unspecified atom stereocenters. The highest BCUT2D eigenvalue weighted by molar-refractivity contribution is 7.15. The number of hydrogen-bond acceptors (Lipinski definition) is 8. The Morgan fingerprint density at radius 1 is 1.23 bits per heavy atom. The summed E-state index contributed by atoms with van der Waals surface area (Å²) in [6.45, 7) is 2.08. The van der Waals surface area contributed by atoms with E-state index in [0.29, 0.717) is 43.0 Å². The van der Waals surface area contributed by atoms with Crippen LogP contribution in [0.4, 0.5) is 24.8 Å². The van der Waals surface area contributed by atoms with Crippen molar-refractivity contribution < 1.29 is 28.2 Å². The Kier molecular flexibility index (Phi) is 7.06. The molecule has 0 aliphatic carbocycles. The van der Waals surface area contributed by atoms with Crippen LogP contribution in [-0.4, -0.2) is 55.7 Å². The van der Waals surface area contributed by atoms with Crippen LogP contribution in [0.3, 0.4) is 0 Å². The lowest BCUT2D eigenvalue weighted by atomic mass is 9.96. The van der Waals surface area contributed by atoms with Gasteiger partial charge >= 0.3 is 6.18 Å². The van der Waals surface area contributed by atoms with Crippen LogP contribution < -0.4 is 5.32 Å². The fourth-order valence-corrected chi connectivity index (χ4v) is 5.06. The Labute approximate surface area is 203 Å². The number of aryl methyl sites for hydroxylation is 1. The number of aliphatic hydroxyl groups excluding tert-OH is 1. The summed E-state index contributed by atoms with van der Waals surface area (Å²) >= 11 is 1.32. The first-order chi connectivity index (χ1) is 16.6. The minimum Gasteiger partial charge on any atom is -0.387 e. The second-order valence-corrected chi connectivity index (χ2v) is 9.46. The molecule has 0 radical (unpaired) electrons. The van der Waals surface area contributed by atoms with E-state index < -0.39 is 24.1 Å². The van der Waals surface area contributed by atoms with E-state index in [2.05, 4.69) is 20.3 Å². The van der Waals surface area contributed by atoms with Crippen LogP contribution >= 0.6 is 11.3 Å². The number of aliphatic hydroxyl groups is 2. The molecule has 1 fully saturated rings. The van der Waals surface area contributed by atoms with Crippen molar-refractivity contribution in [3.8, 4) is 10.4 Å². The van der Waals surface area contributed by atoms with Gasteiger partial charge in [-0.05, 0) is 49.1 Å². The van der Waals surface area contributed by atoms with E-state index in [9.17, 15) is 23.1 Å². The minimum absolute atomic E-state index is 0.170. The number of nitrogens with one attached hydrogen (secondary N) is 1. The summed E-state index contributed by atoms with van der Waals surface area (Å²) in [7, 11) is 0. The average molecular weight is 508 g/mol. The molecule has 1 aliphatic heterocycles. The maximum atomic E-state index is 13.0. The largest absolute Gasteiger partial charge is 0.433 e. The van der Waals surface area contributed by atoms with Crippen molar-refractivity contribution >= 4 is 28.9 Å². The Morgan fingerprint density at radius 2 is 2.03 bits per heavy atom. The summed E-state index contributed by atoms with van der Waals surface area (Å²) in [6, 6.07) is 6.24. The predicted molar refractivity (Wildman–Crippen MR) is 124 cm³/mol. The molecule has 0 spiro atoms. The number of alkyl halides is 3. The van der Waals surface area contributed by atoms with Crippen molar-refractivity contribution in [3.05, 3.63) is 52.9 Å². The molecule has 4 rings (SSSR count). The molecule has 35 heavy (non-hydrogen) atoms. The van der Waals surface area contributed by atoms with Crippen molar-refractivity contribution in [1.29, 1.82) is 0 Å². The number of carbonyl (C=O) groups is 1. The summed E-state index contributed by atoms with van der Waals surface area (Å²) in [6.07, 6.45) is -0.558. The van der Waals surface area contributed by atoms with Crippen LogP contribution in [0.15, 0.2) is 36.7 Å². The molecular formula is C23H24F3N5O3S. The number of likely N-dealkylation sites (tertiary alicyclic amines) is 1. The van der Waals surface area contributed by atoms with Gasteiger partial charge in [-0.25, -0.2) is 15.0 Å². The minimum atomic E-state index is -4.57. The number of nitrogens with zero attached hydrogens (tertiary/aromatic N) is 4. The Balaban J connectivity index is 1.55. The van der Waals surface area contributed by atoms with Gasteiger partial charge in [-0.3, -0.25) is 4.79 Å². The predicted octanol–water partition coefficient (Wildman–Crippen LogP) is 3.86. The lowest BCUT2D eigenvalue weighted by Crippen LogP contribution is -2.35. The number of carbonyl (C=O) groups excluding carboxylic acids is 1. The third-order valence-corrected chi connectivity index (χ3v) is 7.01. The van der Waals surface area contributed by atoms with Gasteiger partial charge in [0, 0.05) is 37.6 Å². The van der Waals surface area contributed by atoms with Crippen LogP contribution in [0.5, 0.6) is 0 Å². The lowest BCUT2D eigenvalue weighted by molar-refractivity contribution is -0.141. The molecule has 3 aromatic rings. The summed E-state index contributed by atoms with van der Waals surface area (Å²) in [5.41, 5.74) is -0.0771. The van der Waals surface area contributed by atoms with E-state index in [4.69, 9.17) is 5.11 Å². The van der Waals surface area contributed by atoms with Gasteiger partial charge < -0.3 is 20.4 Å². The SMILES string of the molecule is Cc1cc(Nc2nccc(C(F)(F)F)n2)cc(-c2cnc(C3(O)CCCN(C(=O)CO)CC3)s2)c1. The molecule has 0 bridgehead atoms. The van der Waals surface area contributed by atoms with Crippen LogP contribution in [0, 0.1) is 6.92 Å². The lowest BCUT2D eigenvalue weighted by Gasteiger charge is -2.24. The number of halogens is 3. The third kappa shape index (κ3) is 5.77. The third-order valence-electron chi connectivity index (χ3n) is 5.77. The van der Waals surface area contributed by atoms with Crippen LogP contribution in [0.2, 0.25) is 0 Å². The van der Waals surface area contributed by atoms with Gasteiger partial charge in [0.1, 0.15) is 22.9 Å². The average Bonchev–Trinajstić information content (AvgIpc) is 3.23. The number of anilines is 2. The van der Waals surface area contributed by atoms with E-state index in [1.54, 1.807) is 23.2 Å². The molecule has 1 aromatic carbocycles. The first-order valence-corrected chi connectivity index (χ1v) is 11.8. The van der Waals surface area contributed by atoms with E-state index in [-0.39, 0.29) is 11.9 Å². The van der Waals surface area contributed by atoms with Gasteiger partial charge in [0.05, 0.1) is 4.88 Å². The fourth-order valence-electron chi connectivity index (χ4n) is 4.01. The molecule has 12 heteroatoms. The molecule has 3 N–H and O–H groups in total. The van der Waals surface area contributed by atoms with Crippen LogP contribution in [0.1, 0.15) is 35.5 Å². The monoisotopic (exact) mass is 507 g/mol. The van der Waals surface area contributed by atoms with Gasteiger partial charge in [0.15, 0.2) is 0 Å². The summed E-state index contributed by atoms with van der Waals surface area (Å²) in [5, 5.41) is 23.8. The highest BCUT2D eigenvalue weighted by Gasteiger charge is 2.36. The fraction of sp³-hybridized carbons (Fsp3) is 0.391. The highest BCUT2D eigenvalue weighted by atomic mass is 32.1. The number of hydrogen-bond donors (Lipinski definition) is 3. The van der Waals surface area contributed by atoms with Crippen molar-refractivity contribution in [2.75, 3.05) is 25.0 Å². The van der Waals surface area contributed by atoms with Gasteiger partial charge in [-0.1, -0.05) is 6.07 Å². The number of benzene rings is 1. The quantitative estimate of drug-likeness (QED) is 0.481. The Bertz CT molecular complexity index is 1220. The highest BCUT2D eigenvalue weighted by Crippen LogP contribution is 2.39. The van der Waals surface area contributed by atoms with Crippen LogP contribution in [0.25, 0.3) is 10.4 Å². The van der Waals surface area contributed by atoms with Crippen LogP contribution in [-0.2, 0) is 16.6 Å². The zero-order chi connectivity index (χ0) is 25.2. The normalized spacial score (nSPS) is 18.9. The summed E-state index contributed by atoms with van der Waals surface area (Å²) < 4.78 is 38.9. The van der Waals surface area contributed by atoms with Gasteiger partial charge in [-0.2, -0.15) is 13.2 Å². The van der Waals surface area contributed by atoms with Crippen molar-refractivity contribution in [3.63, 3.8) is 0 Å². The number of thiazole rings is 1. The zero-order valence-electron chi connectivity index (χ0n) is 18.8. The molecule has 1 aliphatic rings. The number of aromatic nitrogens is 3. The van der Waals surface area contributed by atoms with E-state index in [1.807, 2.05) is 13.0 Å². The van der Waals surface area contributed by atoms with E-state index >= 15 is 0 Å². The summed E-state index contributed by atoms with van der Waals surface area (Å²) in [4.78, 5) is 26.0. The summed E-state index contributed by atoms with van der Waals surface area (Å²) in [5.74, 6) is -0.533. The topological polar surface area (TPSA) is 111 Å². The van der Waals surface area contributed by atoms with Gasteiger partial charge in [-0.15, -0.1) is 11.3 Å². The van der Waals surface area contributed by atoms with Gasteiger partial charge in [0.2, 0.25) is 11.9 Å². The maximum Gasteiger partial charge on any atom is 0.433 e. The van der Waals surface area contributed by atoms with E-state index in [1.165, 1.54) is 11.3 Å². The Morgan fingerprint density at radius 3 is 2.77 bits per heavy atom. The number of rotatable bonds is 5. The molecule has 0 saturated carbocycles. The van der Waals surface area contributed by atoms with Crippen molar-refractivity contribution in [2.24, 2.45) is 0 Å². The molecular weight excluding hydrogens is 483 g/mol. The molecule has 8 nitrogen and oxygen atoms in total. The molecule has 186 valence electrons. The van der Waals surface area contributed by atoms with Crippen molar-refractivity contribution in [2.45, 2.75) is 38.0 Å². The smallest absolute Gasteiger partial charge is 0.387 e. The number of amides is 1.